The van der Waals surface area contributed by atoms with E-state index < -0.39 is 11.5 Å². The minimum Gasteiger partial charge on any atom is -0.370 e. The van der Waals surface area contributed by atoms with Crippen LogP contribution in [0.5, 0.6) is 0 Å². The molecule has 41 heavy (non-hydrogen) atoms. The van der Waals surface area contributed by atoms with E-state index in [1.54, 1.807) is 12.3 Å². The Balaban J connectivity index is 1.35. The number of rotatable bonds is 10. The van der Waals surface area contributed by atoms with Crippen molar-refractivity contribution in [3.05, 3.63) is 81.1 Å². The molecule has 3 heterocycles. The number of aromatic amines is 1. The van der Waals surface area contributed by atoms with Crippen molar-refractivity contribution in [1.29, 1.82) is 0 Å². The van der Waals surface area contributed by atoms with Gasteiger partial charge < -0.3 is 21.8 Å². The zero-order chi connectivity index (χ0) is 29.1. The first kappa shape index (κ1) is 28.8. The SMILES string of the molecule is CC(C)CCCc1cc(Cl)c(F)c(-c2cc3cn(-c4ccc([C@H]5CC[C@H](CCN=C(N)N)N5)cc4)c(=O)nc3[nH]2)c1. The molecule has 8 nitrogen and oxygen atoms in total. The van der Waals surface area contributed by atoms with Gasteiger partial charge in [0.05, 0.1) is 16.4 Å². The maximum atomic E-state index is 15.1. The van der Waals surface area contributed by atoms with Crippen molar-refractivity contribution < 1.29 is 4.39 Å². The highest BCUT2D eigenvalue weighted by Gasteiger charge is 2.24. The summed E-state index contributed by atoms with van der Waals surface area (Å²) < 4.78 is 16.6. The van der Waals surface area contributed by atoms with Crippen LogP contribution in [0.25, 0.3) is 28.0 Å². The summed E-state index contributed by atoms with van der Waals surface area (Å²) in [7, 11) is 0. The van der Waals surface area contributed by atoms with Crippen LogP contribution in [0.15, 0.2) is 58.4 Å². The van der Waals surface area contributed by atoms with Crippen LogP contribution in [0.3, 0.4) is 0 Å². The number of benzene rings is 2. The van der Waals surface area contributed by atoms with E-state index in [0.717, 1.165) is 49.7 Å². The molecule has 4 aromatic rings. The molecule has 0 aliphatic carbocycles. The van der Waals surface area contributed by atoms with E-state index >= 15 is 4.39 Å². The predicted octanol–water partition coefficient (Wildman–Crippen LogP) is 5.61. The molecule has 0 amide bonds. The summed E-state index contributed by atoms with van der Waals surface area (Å²) >= 11 is 6.26. The Hall–Kier alpha value is -3.69. The maximum Gasteiger partial charge on any atom is 0.354 e. The number of aryl methyl sites for hydroxylation is 1. The highest BCUT2D eigenvalue weighted by molar-refractivity contribution is 6.31. The molecule has 216 valence electrons. The van der Waals surface area contributed by atoms with Crippen LogP contribution in [-0.2, 0) is 6.42 Å². The average molecular weight is 578 g/mol. The van der Waals surface area contributed by atoms with Gasteiger partial charge in [0.25, 0.3) is 0 Å². The van der Waals surface area contributed by atoms with Crippen LogP contribution in [0.2, 0.25) is 5.02 Å². The van der Waals surface area contributed by atoms with E-state index in [0.29, 0.717) is 46.5 Å². The van der Waals surface area contributed by atoms with Gasteiger partial charge in [-0.05, 0) is 79.5 Å². The van der Waals surface area contributed by atoms with Gasteiger partial charge in [0.1, 0.15) is 5.65 Å². The summed E-state index contributed by atoms with van der Waals surface area (Å²) in [6.07, 6.45) is 7.60. The Labute approximate surface area is 244 Å². The van der Waals surface area contributed by atoms with Gasteiger partial charge in [-0.15, -0.1) is 0 Å². The number of aliphatic imine (C=N–C) groups is 1. The number of guanidine groups is 1. The van der Waals surface area contributed by atoms with Crippen molar-refractivity contribution >= 4 is 28.6 Å². The molecule has 0 unspecified atom stereocenters. The van der Waals surface area contributed by atoms with Gasteiger partial charge in [-0.2, -0.15) is 4.98 Å². The van der Waals surface area contributed by atoms with Gasteiger partial charge in [-0.1, -0.05) is 44.0 Å². The first-order valence-corrected chi connectivity index (χ1v) is 14.6. The van der Waals surface area contributed by atoms with Crippen LogP contribution in [-0.4, -0.2) is 33.1 Å². The lowest BCUT2D eigenvalue weighted by molar-refractivity contribution is 0.527. The number of halogens is 2. The number of nitrogens with two attached hydrogens (primary N) is 2. The second-order valence-corrected chi connectivity index (χ2v) is 11.7. The highest BCUT2D eigenvalue weighted by Crippen LogP contribution is 2.32. The van der Waals surface area contributed by atoms with Crippen molar-refractivity contribution in [2.24, 2.45) is 22.4 Å². The molecule has 0 spiro atoms. The summed E-state index contributed by atoms with van der Waals surface area (Å²) in [4.78, 5) is 24.4. The maximum absolute atomic E-state index is 15.1. The quantitative estimate of drug-likeness (QED) is 0.144. The second kappa shape index (κ2) is 12.4. The fraction of sp³-hybridized carbons (Fsp3) is 0.387. The summed E-state index contributed by atoms with van der Waals surface area (Å²) in [6, 6.07) is 13.9. The third kappa shape index (κ3) is 6.80. The average Bonchev–Trinajstić information content (AvgIpc) is 3.57. The van der Waals surface area contributed by atoms with E-state index in [1.807, 2.05) is 36.4 Å². The number of H-pyrrole nitrogens is 1. The molecule has 5 rings (SSSR count). The Kier molecular flexibility index (Phi) is 8.75. The van der Waals surface area contributed by atoms with Crippen molar-refractivity contribution in [2.45, 2.75) is 64.5 Å². The lowest BCUT2D eigenvalue weighted by Crippen LogP contribution is -2.27. The van der Waals surface area contributed by atoms with E-state index in [9.17, 15) is 4.79 Å². The minimum atomic E-state index is -0.490. The molecule has 0 bridgehead atoms. The smallest absolute Gasteiger partial charge is 0.354 e. The molecule has 2 aromatic heterocycles. The Morgan fingerprint density at radius 2 is 1.98 bits per heavy atom. The summed E-state index contributed by atoms with van der Waals surface area (Å²) in [5.74, 6) is 0.233. The zero-order valence-electron chi connectivity index (χ0n) is 23.5. The van der Waals surface area contributed by atoms with Crippen molar-refractivity contribution in [3.8, 4) is 16.9 Å². The van der Waals surface area contributed by atoms with E-state index in [-0.39, 0.29) is 17.0 Å². The Bertz CT molecular complexity index is 1610. The van der Waals surface area contributed by atoms with Crippen molar-refractivity contribution in [1.82, 2.24) is 19.9 Å². The molecule has 2 atom stereocenters. The molecular weight excluding hydrogens is 541 g/mol. The molecule has 10 heteroatoms. The number of hydrogen-bond acceptors (Lipinski definition) is 4. The van der Waals surface area contributed by atoms with Gasteiger partial charge in [0, 0.05) is 35.8 Å². The van der Waals surface area contributed by atoms with Crippen LogP contribution in [0.1, 0.15) is 63.1 Å². The Morgan fingerprint density at radius 1 is 1.20 bits per heavy atom. The van der Waals surface area contributed by atoms with Gasteiger partial charge in [-0.3, -0.25) is 9.56 Å². The highest BCUT2D eigenvalue weighted by atomic mass is 35.5. The van der Waals surface area contributed by atoms with Gasteiger partial charge in [0.15, 0.2) is 11.8 Å². The largest absolute Gasteiger partial charge is 0.370 e. The first-order valence-electron chi connectivity index (χ1n) is 14.2. The van der Waals surface area contributed by atoms with Crippen LogP contribution in [0, 0.1) is 11.7 Å². The molecule has 0 saturated carbocycles. The third-order valence-electron chi connectivity index (χ3n) is 7.72. The van der Waals surface area contributed by atoms with Gasteiger partial charge >= 0.3 is 5.69 Å². The molecule has 0 radical (unpaired) electrons. The standard InChI is InChI=1S/C31H37ClFN7O/c1-18(2)4-3-5-19-14-24(28(33)25(32)15-19)27-16-21-17-40(31(41)39-29(21)38-27)23-9-6-20(7-10-23)26-11-8-22(37-26)12-13-36-30(34)35/h6-7,9-10,14-18,22,26,37H,3-5,8,11-13H2,1-2H3,(H4,34,35,36)(H,38,39,41)/t22-,26-/m1/s1. The fourth-order valence-electron chi connectivity index (χ4n) is 5.55. The molecule has 1 aliphatic rings. The first-order chi connectivity index (χ1) is 19.7. The molecule has 1 saturated heterocycles. The lowest BCUT2D eigenvalue weighted by Gasteiger charge is -2.15. The number of nitrogens with zero attached hydrogens (tertiary/aromatic N) is 3. The number of nitrogens with one attached hydrogen (secondary N) is 2. The normalized spacial score (nSPS) is 17.0. The fourth-order valence-corrected chi connectivity index (χ4v) is 5.79. The molecule has 1 aliphatic heterocycles. The van der Waals surface area contributed by atoms with E-state index in [2.05, 4.69) is 34.1 Å². The number of aromatic nitrogens is 3. The molecule has 1 fully saturated rings. The van der Waals surface area contributed by atoms with Crippen LogP contribution >= 0.6 is 11.6 Å². The van der Waals surface area contributed by atoms with E-state index in [4.69, 9.17) is 23.1 Å². The molecule has 2 aromatic carbocycles. The third-order valence-corrected chi connectivity index (χ3v) is 7.99. The molecule has 6 N–H and O–H groups in total. The summed E-state index contributed by atoms with van der Waals surface area (Å²) in [5, 5.41) is 4.43. The predicted molar refractivity (Wildman–Crippen MR) is 164 cm³/mol. The second-order valence-electron chi connectivity index (χ2n) is 11.3. The van der Waals surface area contributed by atoms with Gasteiger partial charge in [0.2, 0.25) is 0 Å². The topological polar surface area (TPSA) is 127 Å². The van der Waals surface area contributed by atoms with Crippen molar-refractivity contribution in [2.75, 3.05) is 6.54 Å². The van der Waals surface area contributed by atoms with Crippen LogP contribution in [0.4, 0.5) is 4.39 Å². The number of fused-ring (bicyclic) bond motifs is 1. The zero-order valence-corrected chi connectivity index (χ0v) is 24.2. The van der Waals surface area contributed by atoms with Crippen molar-refractivity contribution in [3.63, 3.8) is 0 Å². The summed E-state index contributed by atoms with van der Waals surface area (Å²) in [5.41, 5.74) is 14.6. The minimum absolute atomic E-state index is 0.0881. The van der Waals surface area contributed by atoms with Gasteiger partial charge in [-0.25, -0.2) is 9.18 Å². The summed E-state index contributed by atoms with van der Waals surface area (Å²) in [6.45, 7) is 4.98. The number of hydrogen-bond donors (Lipinski definition) is 4. The Morgan fingerprint density at radius 3 is 2.71 bits per heavy atom. The van der Waals surface area contributed by atoms with E-state index in [1.165, 1.54) is 4.57 Å². The lowest BCUT2D eigenvalue weighted by atomic mass is 10.00. The molecular formula is C31H37ClFN7O. The monoisotopic (exact) mass is 577 g/mol. The van der Waals surface area contributed by atoms with Crippen LogP contribution < -0.4 is 22.5 Å².